The van der Waals surface area contributed by atoms with Gasteiger partial charge in [0.25, 0.3) is 5.56 Å². The number of amides is 1. The van der Waals surface area contributed by atoms with E-state index in [1.165, 1.54) is 0 Å². The fourth-order valence-electron chi connectivity index (χ4n) is 3.81. The van der Waals surface area contributed by atoms with E-state index in [-0.39, 0.29) is 29.5 Å². The van der Waals surface area contributed by atoms with E-state index >= 15 is 0 Å². The molecule has 0 atom stereocenters. The molecule has 118 valence electrons. The molecule has 3 aliphatic rings. The fourth-order valence-corrected chi connectivity index (χ4v) is 3.81. The van der Waals surface area contributed by atoms with Gasteiger partial charge in [0, 0.05) is 18.0 Å². The molecule has 5 nitrogen and oxygen atoms in total. The topological polar surface area (TPSA) is 64.0 Å². The second-order valence-electron chi connectivity index (χ2n) is 7.04. The third kappa shape index (κ3) is 2.69. The molecule has 2 saturated carbocycles. The molecule has 1 amide bonds. The molecule has 5 heteroatoms. The summed E-state index contributed by atoms with van der Waals surface area (Å²) in [5.74, 6) is 0.509. The molecular formula is C17H23N3O2. The van der Waals surface area contributed by atoms with Crippen molar-refractivity contribution in [2.45, 2.75) is 69.9 Å². The standard InChI is InChI=1S/C17H23N3O2/c21-16-10-12-2-1-3-15(12)19-20(16)14-8-6-13(7-9-14)18-17(22)11-4-5-11/h10-11,13-14H,1-9H2,(H,18,22). The van der Waals surface area contributed by atoms with E-state index in [0.717, 1.165) is 69.0 Å². The first-order chi connectivity index (χ1) is 10.7. The molecule has 0 aromatic carbocycles. The first-order valence-corrected chi connectivity index (χ1v) is 8.62. The smallest absolute Gasteiger partial charge is 0.267 e. The molecule has 0 saturated heterocycles. The minimum absolute atomic E-state index is 0.0473. The van der Waals surface area contributed by atoms with E-state index in [0.29, 0.717) is 0 Å². The van der Waals surface area contributed by atoms with Crippen molar-refractivity contribution in [2.24, 2.45) is 5.92 Å². The molecule has 1 N–H and O–H groups in total. The van der Waals surface area contributed by atoms with Gasteiger partial charge in [-0.2, -0.15) is 5.10 Å². The summed E-state index contributed by atoms with van der Waals surface area (Å²) in [4.78, 5) is 24.1. The summed E-state index contributed by atoms with van der Waals surface area (Å²) in [6.45, 7) is 0. The lowest BCUT2D eigenvalue weighted by Gasteiger charge is -2.29. The molecule has 1 aromatic heterocycles. The number of hydrogen-bond donors (Lipinski definition) is 1. The third-order valence-corrected chi connectivity index (χ3v) is 5.32. The van der Waals surface area contributed by atoms with Gasteiger partial charge in [-0.05, 0) is 63.4 Å². The number of nitrogens with zero attached hydrogens (tertiary/aromatic N) is 2. The molecule has 0 bridgehead atoms. The van der Waals surface area contributed by atoms with Gasteiger partial charge in [0.2, 0.25) is 5.91 Å². The molecule has 22 heavy (non-hydrogen) atoms. The van der Waals surface area contributed by atoms with Crippen LogP contribution in [0.15, 0.2) is 10.9 Å². The van der Waals surface area contributed by atoms with Gasteiger partial charge < -0.3 is 5.32 Å². The summed E-state index contributed by atoms with van der Waals surface area (Å²) in [6.07, 6.45) is 8.99. The maximum atomic E-state index is 12.3. The van der Waals surface area contributed by atoms with Crippen LogP contribution in [0, 0.1) is 5.92 Å². The summed E-state index contributed by atoms with van der Waals surface area (Å²) < 4.78 is 1.71. The number of aromatic nitrogens is 2. The second-order valence-corrected chi connectivity index (χ2v) is 7.04. The van der Waals surface area contributed by atoms with Gasteiger partial charge in [0.05, 0.1) is 11.7 Å². The first-order valence-electron chi connectivity index (χ1n) is 8.62. The average Bonchev–Trinajstić information content (AvgIpc) is 3.27. The van der Waals surface area contributed by atoms with Crippen LogP contribution in [0.3, 0.4) is 0 Å². The van der Waals surface area contributed by atoms with Gasteiger partial charge in [-0.1, -0.05) is 0 Å². The van der Waals surface area contributed by atoms with Gasteiger partial charge in [0.15, 0.2) is 0 Å². The Kier molecular flexibility index (Phi) is 3.51. The molecule has 0 spiro atoms. The van der Waals surface area contributed by atoms with Crippen LogP contribution < -0.4 is 10.9 Å². The molecule has 2 fully saturated rings. The van der Waals surface area contributed by atoms with Crippen molar-refractivity contribution in [3.63, 3.8) is 0 Å². The number of rotatable bonds is 3. The number of carbonyl (C=O) groups excluding carboxylic acids is 1. The number of fused-ring (bicyclic) bond motifs is 1. The lowest BCUT2D eigenvalue weighted by Crippen LogP contribution is -2.40. The SMILES string of the molecule is O=C(NC1CCC(n2nc3c(cc2=O)CCC3)CC1)C1CC1. The van der Waals surface area contributed by atoms with Gasteiger partial charge in [-0.25, -0.2) is 4.68 Å². The first kappa shape index (κ1) is 14.0. The molecule has 1 aromatic rings. The van der Waals surface area contributed by atoms with Gasteiger partial charge >= 0.3 is 0 Å². The van der Waals surface area contributed by atoms with E-state index in [2.05, 4.69) is 10.4 Å². The Balaban J connectivity index is 1.41. The second kappa shape index (κ2) is 5.52. The number of hydrogen-bond acceptors (Lipinski definition) is 3. The minimum atomic E-state index is 0.0473. The van der Waals surface area contributed by atoms with E-state index in [4.69, 9.17) is 0 Å². The Labute approximate surface area is 130 Å². The highest BCUT2D eigenvalue weighted by Gasteiger charge is 2.32. The highest BCUT2D eigenvalue weighted by Crippen LogP contribution is 2.31. The van der Waals surface area contributed by atoms with Crippen LogP contribution in [0.4, 0.5) is 0 Å². The molecule has 0 radical (unpaired) electrons. The zero-order valence-electron chi connectivity index (χ0n) is 12.9. The Bertz CT molecular complexity index is 640. The van der Waals surface area contributed by atoms with Crippen LogP contribution in [0.2, 0.25) is 0 Å². The van der Waals surface area contributed by atoms with E-state index in [9.17, 15) is 9.59 Å². The normalized spacial score (nSPS) is 27.5. The Morgan fingerprint density at radius 2 is 1.91 bits per heavy atom. The van der Waals surface area contributed by atoms with Crippen LogP contribution in [-0.2, 0) is 17.6 Å². The van der Waals surface area contributed by atoms with Crippen LogP contribution in [0.5, 0.6) is 0 Å². The lowest BCUT2D eigenvalue weighted by molar-refractivity contribution is -0.123. The molecule has 0 aliphatic heterocycles. The van der Waals surface area contributed by atoms with E-state index < -0.39 is 0 Å². The zero-order chi connectivity index (χ0) is 15.1. The van der Waals surface area contributed by atoms with Gasteiger partial charge in [0.1, 0.15) is 0 Å². The van der Waals surface area contributed by atoms with Crippen molar-refractivity contribution in [3.8, 4) is 0 Å². The summed E-state index contributed by atoms with van der Waals surface area (Å²) in [5, 5.41) is 7.78. The summed E-state index contributed by atoms with van der Waals surface area (Å²) in [5.41, 5.74) is 2.31. The van der Waals surface area contributed by atoms with Crippen LogP contribution >= 0.6 is 0 Å². The molecule has 3 aliphatic carbocycles. The van der Waals surface area contributed by atoms with Gasteiger partial charge in [-0.3, -0.25) is 9.59 Å². The highest BCUT2D eigenvalue weighted by atomic mass is 16.2. The van der Waals surface area contributed by atoms with Crippen molar-refractivity contribution in [1.82, 2.24) is 15.1 Å². The predicted octanol–water partition coefficient (Wildman–Crippen LogP) is 1.74. The molecule has 4 rings (SSSR count). The van der Waals surface area contributed by atoms with Crippen LogP contribution in [0.25, 0.3) is 0 Å². The highest BCUT2D eigenvalue weighted by molar-refractivity contribution is 5.81. The average molecular weight is 301 g/mol. The lowest BCUT2D eigenvalue weighted by atomic mass is 9.91. The number of carbonyl (C=O) groups is 1. The van der Waals surface area contributed by atoms with Crippen molar-refractivity contribution in [3.05, 3.63) is 27.7 Å². The maximum Gasteiger partial charge on any atom is 0.267 e. The summed E-state index contributed by atoms with van der Waals surface area (Å²) in [7, 11) is 0. The van der Waals surface area contributed by atoms with Gasteiger partial charge in [-0.15, -0.1) is 0 Å². The van der Waals surface area contributed by atoms with Crippen LogP contribution in [0.1, 0.15) is 62.2 Å². The van der Waals surface area contributed by atoms with E-state index in [1.54, 1.807) is 10.7 Å². The Morgan fingerprint density at radius 1 is 1.14 bits per heavy atom. The van der Waals surface area contributed by atoms with Crippen molar-refractivity contribution < 1.29 is 4.79 Å². The largest absolute Gasteiger partial charge is 0.353 e. The molecule has 1 heterocycles. The monoisotopic (exact) mass is 301 g/mol. The van der Waals surface area contributed by atoms with Crippen molar-refractivity contribution in [1.29, 1.82) is 0 Å². The quantitative estimate of drug-likeness (QED) is 0.925. The Morgan fingerprint density at radius 3 is 2.64 bits per heavy atom. The predicted molar refractivity (Wildman–Crippen MR) is 82.7 cm³/mol. The zero-order valence-corrected chi connectivity index (χ0v) is 12.9. The van der Waals surface area contributed by atoms with E-state index in [1.807, 2.05) is 0 Å². The van der Waals surface area contributed by atoms with Crippen LogP contribution in [-0.4, -0.2) is 21.7 Å². The third-order valence-electron chi connectivity index (χ3n) is 5.32. The molecular weight excluding hydrogens is 278 g/mol. The number of nitrogens with one attached hydrogen (secondary N) is 1. The Hall–Kier alpha value is -1.65. The summed E-state index contributed by atoms with van der Waals surface area (Å²) in [6, 6.07) is 2.28. The van der Waals surface area contributed by atoms with Crippen molar-refractivity contribution >= 4 is 5.91 Å². The maximum absolute atomic E-state index is 12.3. The molecule has 0 unspecified atom stereocenters. The van der Waals surface area contributed by atoms with Crippen molar-refractivity contribution in [2.75, 3.05) is 0 Å². The fraction of sp³-hybridized carbons (Fsp3) is 0.706. The number of aryl methyl sites for hydroxylation is 2. The minimum Gasteiger partial charge on any atom is -0.353 e. The summed E-state index contributed by atoms with van der Waals surface area (Å²) >= 11 is 0.